The highest BCUT2D eigenvalue weighted by molar-refractivity contribution is 6.32. The molecule has 2 N–H and O–H groups in total. The second-order valence-electron chi connectivity index (χ2n) is 4.86. The number of hydrogen-bond acceptors (Lipinski definition) is 1. The molecule has 2 aromatic rings. The molecular weight excluding hydrogens is 272 g/mol. The highest BCUT2D eigenvalue weighted by Crippen LogP contribution is 2.23. The number of halogens is 1. The molecule has 0 bridgehead atoms. The van der Waals surface area contributed by atoms with Gasteiger partial charge >= 0.3 is 0 Å². The van der Waals surface area contributed by atoms with E-state index in [-0.39, 0.29) is 11.8 Å². The molecule has 0 spiro atoms. The Morgan fingerprint density at radius 2 is 1.95 bits per heavy atom. The summed E-state index contributed by atoms with van der Waals surface area (Å²) in [6, 6.07) is 5.98. The number of H-pyrrole nitrogens is 1. The average molecular weight is 295 g/mol. The Morgan fingerprint density at radius 1 is 1.30 bits per heavy atom. The summed E-state index contributed by atoms with van der Waals surface area (Å²) in [5, 5.41) is 4.72. The Balaban J connectivity index is 0.000000956. The first-order chi connectivity index (χ1) is 9.47. The molecule has 20 heavy (non-hydrogen) atoms. The van der Waals surface area contributed by atoms with Gasteiger partial charge in [-0.1, -0.05) is 39.3 Å². The van der Waals surface area contributed by atoms with Crippen LogP contribution in [-0.2, 0) is 11.3 Å². The predicted octanol–water partition coefficient (Wildman–Crippen LogP) is 4.43. The number of aryl methyl sites for hydroxylation is 1. The summed E-state index contributed by atoms with van der Waals surface area (Å²) in [4.78, 5) is 14.8. The maximum Gasteiger partial charge on any atom is 0.222 e. The number of carbonyl (C=O) groups excluding carboxylic acids is 1. The molecule has 4 heteroatoms. The summed E-state index contributed by atoms with van der Waals surface area (Å²) < 4.78 is 0. The Morgan fingerprint density at radius 3 is 2.55 bits per heavy atom. The van der Waals surface area contributed by atoms with Crippen molar-refractivity contribution in [3.05, 3.63) is 34.5 Å². The zero-order chi connectivity index (χ0) is 15.3. The molecule has 0 aliphatic carbocycles. The highest BCUT2D eigenvalue weighted by atomic mass is 35.5. The number of carbonyl (C=O) groups is 1. The third-order valence-electron chi connectivity index (χ3n) is 2.93. The van der Waals surface area contributed by atoms with E-state index < -0.39 is 0 Å². The fourth-order valence-electron chi connectivity index (χ4n) is 1.80. The van der Waals surface area contributed by atoms with Gasteiger partial charge in [0.05, 0.1) is 6.54 Å². The van der Waals surface area contributed by atoms with E-state index in [4.69, 9.17) is 11.6 Å². The first kappa shape index (κ1) is 16.6. The molecule has 1 aromatic heterocycles. The van der Waals surface area contributed by atoms with Crippen LogP contribution in [-0.4, -0.2) is 10.9 Å². The van der Waals surface area contributed by atoms with Crippen molar-refractivity contribution in [1.29, 1.82) is 0 Å². The lowest BCUT2D eigenvalue weighted by Crippen LogP contribution is -2.27. The number of nitrogens with one attached hydrogen (secondary N) is 2. The number of fused-ring (bicyclic) bond motifs is 1. The maximum absolute atomic E-state index is 11.5. The van der Waals surface area contributed by atoms with E-state index in [1.807, 2.05) is 52.8 Å². The first-order valence-electron chi connectivity index (χ1n) is 7.03. The zero-order valence-corrected chi connectivity index (χ0v) is 13.6. The summed E-state index contributed by atoms with van der Waals surface area (Å²) in [6.07, 6.45) is 0. The van der Waals surface area contributed by atoms with Crippen LogP contribution in [0.2, 0.25) is 5.02 Å². The standard InChI is InChI=1S/C14H17ClN2O.C2H6/c1-8(2)14(18)16-7-11-5-10-6-12(15)9(3)4-13(10)17-11;1-2/h4-6,8,17H,7H2,1-3H3,(H,16,18);1-2H3. The van der Waals surface area contributed by atoms with Crippen LogP contribution in [0.1, 0.15) is 39.0 Å². The third-order valence-corrected chi connectivity index (χ3v) is 3.34. The number of aromatic amines is 1. The summed E-state index contributed by atoms with van der Waals surface area (Å²) in [6.45, 7) is 10.2. The van der Waals surface area contributed by atoms with Crippen LogP contribution in [0.25, 0.3) is 10.9 Å². The fourth-order valence-corrected chi connectivity index (χ4v) is 1.98. The molecule has 0 fully saturated rings. The molecule has 0 unspecified atom stereocenters. The fraction of sp³-hybridized carbons (Fsp3) is 0.438. The lowest BCUT2D eigenvalue weighted by Gasteiger charge is -2.05. The van der Waals surface area contributed by atoms with Gasteiger partial charge in [0, 0.05) is 27.5 Å². The molecular formula is C16H23ClN2O. The predicted molar refractivity (Wildman–Crippen MR) is 86.1 cm³/mol. The monoisotopic (exact) mass is 294 g/mol. The number of hydrogen-bond donors (Lipinski definition) is 2. The lowest BCUT2D eigenvalue weighted by atomic mass is 10.2. The largest absolute Gasteiger partial charge is 0.357 e. The Bertz CT molecular complexity index is 548. The van der Waals surface area contributed by atoms with Crippen molar-refractivity contribution < 1.29 is 4.79 Å². The number of aromatic nitrogens is 1. The molecule has 0 atom stereocenters. The minimum Gasteiger partial charge on any atom is -0.357 e. The zero-order valence-electron chi connectivity index (χ0n) is 12.8. The summed E-state index contributed by atoms with van der Waals surface area (Å²) in [5.41, 5.74) is 3.08. The SMILES string of the molecule is CC.Cc1cc2[nH]c(CNC(=O)C(C)C)cc2cc1Cl. The van der Waals surface area contributed by atoms with Crippen molar-refractivity contribution in [2.45, 2.75) is 41.2 Å². The van der Waals surface area contributed by atoms with Crippen LogP contribution in [0.4, 0.5) is 0 Å². The normalized spacial score (nSPS) is 10.3. The summed E-state index contributed by atoms with van der Waals surface area (Å²) >= 11 is 6.08. The van der Waals surface area contributed by atoms with Crippen LogP contribution >= 0.6 is 11.6 Å². The van der Waals surface area contributed by atoms with Crippen molar-refractivity contribution in [2.24, 2.45) is 5.92 Å². The molecule has 0 radical (unpaired) electrons. The smallest absolute Gasteiger partial charge is 0.222 e. The molecule has 1 heterocycles. The minimum absolute atomic E-state index is 0.00562. The van der Waals surface area contributed by atoms with E-state index in [2.05, 4.69) is 10.3 Å². The molecule has 110 valence electrons. The minimum atomic E-state index is 0.00562. The average Bonchev–Trinajstić information content (AvgIpc) is 2.80. The van der Waals surface area contributed by atoms with Gasteiger partial charge in [0.1, 0.15) is 0 Å². The van der Waals surface area contributed by atoms with Gasteiger partial charge in [-0.15, -0.1) is 0 Å². The lowest BCUT2D eigenvalue weighted by molar-refractivity contribution is -0.124. The Hall–Kier alpha value is -1.48. The first-order valence-corrected chi connectivity index (χ1v) is 7.40. The van der Waals surface area contributed by atoms with Gasteiger partial charge in [0.25, 0.3) is 0 Å². The molecule has 1 aromatic carbocycles. The molecule has 0 saturated carbocycles. The number of benzene rings is 1. The van der Waals surface area contributed by atoms with Gasteiger partial charge in [-0.05, 0) is 30.7 Å². The van der Waals surface area contributed by atoms with Crippen LogP contribution in [0.15, 0.2) is 18.2 Å². The maximum atomic E-state index is 11.5. The summed E-state index contributed by atoms with van der Waals surface area (Å²) in [7, 11) is 0. The quantitative estimate of drug-likeness (QED) is 0.864. The molecule has 0 aliphatic heterocycles. The molecule has 1 amide bonds. The topological polar surface area (TPSA) is 44.9 Å². The Labute approximate surface area is 125 Å². The van der Waals surface area contributed by atoms with Crippen LogP contribution in [0.3, 0.4) is 0 Å². The van der Waals surface area contributed by atoms with Crippen molar-refractivity contribution in [3.63, 3.8) is 0 Å². The highest BCUT2D eigenvalue weighted by Gasteiger charge is 2.08. The van der Waals surface area contributed by atoms with Crippen molar-refractivity contribution in [1.82, 2.24) is 10.3 Å². The van der Waals surface area contributed by atoms with E-state index in [9.17, 15) is 4.79 Å². The van der Waals surface area contributed by atoms with Crippen LogP contribution in [0.5, 0.6) is 0 Å². The van der Waals surface area contributed by atoms with Gasteiger partial charge in [0.15, 0.2) is 0 Å². The molecule has 3 nitrogen and oxygen atoms in total. The van der Waals surface area contributed by atoms with E-state index in [0.717, 1.165) is 27.2 Å². The van der Waals surface area contributed by atoms with Gasteiger partial charge in [-0.2, -0.15) is 0 Å². The second kappa shape index (κ2) is 7.34. The van der Waals surface area contributed by atoms with E-state index in [0.29, 0.717) is 6.54 Å². The molecule has 0 aliphatic rings. The van der Waals surface area contributed by atoms with Crippen molar-refractivity contribution in [2.75, 3.05) is 0 Å². The third kappa shape index (κ3) is 4.01. The number of rotatable bonds is 3. The number of amides is 1. The summed E-state index contributed by atoms with van der Waals surface area (Å²) in [5.74, 6) is 0.0638. The van der Waals surface area contributed by atoms with Crippen LogP contribution in [0, 0.1) is 12.8 Å². The molecule has 2 rings (SSSR count). The second-order valence-corrected chi connectivity index (χ2v) is 5.26. The molecule has 0 saturated heterocycles. The van der Waals surface area contributed by atoms with Gasteiger partial charge in [-0.3, -0.25) is 4.79 Å². The van der Waals surface area contributed by atoms with Gasteiger partial charge in [0.2, 0.25) is 5.91 Å². The van der Waals surface area contributed by atoms with E-state index in [1.165, 1.54) is 0 Å². The van der Waals surface area contributed by atoms with Crippen molar-refractivity contribution >= 4 is 28.4 Å². The van der Waals surface area contributed by atoms with Gasteiger partial charge < -0.3 is 10.3 Å². The van der Waals surface area contributed by atoms with Crippen molar-refractivity contribution in [3.8, 4) is 0 Å². The van der Waals surface area contributed by atoms with E-state index >= 15 is 0 Å². The van der Waals surface area contributed by atoms with Crippen LogP contribution < -0.4 is 5.32 Å². The van der Waals surface area contributed by atoms with E-state index in [1.54, 1.807) is 0 Å². The Kier molecular flexibility index (Phi) is 6.08. The van der Waals surface area contributed by atoms with Gasteiger partial charge in [-0.25, -0.2) is 0 Å².